The number of aliphatic carboxylic acids is 1. The monoisotopic (exact) mass is 291 g/mol. The van der Waals surface area contributed by atoms with Crippen LogP contribution in [0.3, 0.4) is 0 Å². The number of carboxylic acids is 1. The Kier molecular flexibility index (Phi) is 4.21. The number of hydrogen-bond acceptors (Lipinski definition) is 3. The first-order valence-corrected chi connectivity index (χ1v) is 7.08. The molecule has 0 radical (unpaired) electrons. The summed E-state index contributed by atoms with van der Waals surface area (Å²) in [5.41, 5.74) is 1.50. The van der Waals surface area contributed by atoms with Gasteiger partial charge >= 0.3 is 12.1 Å². The third-order valence-corrected chi connectivity index (χ3v) is 3.52. The molecular weight excluding hydrogens is 270 g/mol. The molecule has 21 heavy (non-hydrogen) atoms. The van der Waals surface area contributed by atoms with Crippen molar-refractivity contribution in [3.63, 3.8) is 0 Å². The molecular formula is C16H21NO4. The minimum atomic E-state index is -1.04. The number of rotatable bonds is 3. The largest absolute Gasteiger partial charge is 0.480 e. The van der Waals surface area contributed by atoms with E-state index in [-0.39, 0.29) is 5.92 Å². The minimum absolute atomic E-state index is 0.216. The van der Waals surface area contributed by atoms with E-state index < -0.39 is 23.7 Å². The Morgan fingerprint density at radius 1 is 1.33 bits per heavy atom. The van der Waals surface area contributed by atoms with Gasteiger partial charge in [0, 0.05) is 5.92 Å². The van der Waals surface area contributed by atoms with Gasteiger partial charge in [-0.25, -0.2) is 9.59 Å². The number of hydrogen-bond donors (Lipinski definition) is 2. The summed E-state index contributed by atoms with van der Waals surface area (Å²) in [5.74, 6) is -1.26. The zero-order chi connectivity index (χ0) is 15.6. The number of nitrogens with one attached hydrogen (secondary N) is 1. The van der Waals surface area contributed by atoms with Crippen molar-refractivity contribution in [1.82, 2.24) is 5.32 Å². The van der Waals surface area contributed by atoms with Gasteiger partial charge < -0.3 is 15.2 Å². The Hall–Kier alpha value is -2.04. The molecule has 2 atom stereocenters. The lowest BCUT2D eigenvalue weighted by atomic mass is 9.93. The SMILES string of the molecule is CC(C)(C)OC(=O)N[C@H](C(=O)O)[C@H]1CCc2ccccc21. The van der Waals surface area contributed by atoms with Gasteiger partial charge in [0.2, 0.25) is 0 Å². The Morgan fingerprint density at radius 2 is 2.00 bits per heavy atom. The van der Waals surface area contributed by atoms with E-state index in [1.807, 2.05) is 24.3 Å². The van der Waals surface area contributed by atoms with Gasteiger partial charge in [-0.15, -0.1) is 0 Å². The van der Waals surface area contributed by atoms with E-state index in [1.54, 1.807) is 20.8 Å². The molecule has 1 aromatic rings. The van der Waals surface area contributed by atoms with Crippen LogP contribution in [0.5, 0.6) is 0 Å². The Labute approximate surface area is 124 Å². The average Bonchev–Trinajstić information content (AvgIpc) is 2.77. The van der Waals surface area contributed by atoms with E-state index >= 15 is 0 Å². The van der Waals surface area contributed by atoms with E-state index in [0.29, 0.717) is 6.42 Å². The summed E-state index contributed by atoms with van der Waals surface area (Å²) >= 11 is 0. The Morgan fingerprint density at radius 3 is 2.62 bits per heavy atom. The molecule has 0 aromatic heterocycles. The molecule has 1 amide bonds. The summed E-state index contributed by atoms with van der Waals surface area (Å²) in [7, 11) is 0. The third-order valence-electron chi connectivity index (χ3n) is 3.52. The smallest absolute Gasteiger partial charge is 0.408 e. The van der Waals surface area contributed by atoms with Gasteiger partial charge in [-0.1, -0.05) is 24.3 Å². The maximum absolute atomic E-state index is 11.8. The van der Waals surface area contributed by atoms with Gasteiger partial charge in [-0.05, 0) is 44.7 Å². The van der Waals surface area contributed by atoms with E-state index in [2.05, 4.69) is 5.32 Å². The molecule has 1 aliphatic carbocycles. The van der Waals surface area contributed by atoms with Crippen molar-refractivity contribution in [2.45, 2.75) is 51.2 Å². The molecule has 0 unspecified atom stereocenters. The lowest BCUT2D eigenvalue weighted by Crippen LogP contribution is -2.46. The van der Waals surface area contributed by atoms with Crippen molar-refractivity contribution >= 4 is 12.1 Å². The zero-order valence-corrected chi connectivity index (χ0v) is 12.6. The molecule has 0 fully saturated rings. The van der Waals surface area contributed by atoms with Crippen LogP contribution in [0.25, 0.3) is 0 Å². The van der Waals surface area contributed by atoms with Gasteiger partial charge in [0.05, 0.1) is 0 Å². The van der Waals surface area contributed by atoms with E-state index in [0.717, 1.165) is 17.5 Å². The van der Waals surface area contributed by atoms with Crippen molar-refractivity contribution in [1.29, 1.82) is 0 Å². The summed E-state index contributed by atoms with van der Waals surface area (Å²) in [4.78, 5) is 23.4. The first kappa shape index (κ1) is 15.4. The standard InChI is InChI=1S/C16H21NO4/c1-16(2,3)21-15(20)17-13(14(18)19)12-9-8-10-6-4-5-7-11(10)12/h4-7,12-13H,8-9H2,1-3H3,(H,17,20)(H,18,19)/t12-,13-/m0/s1. The van der Waals surface area contributed by atoms with Crippen molar-refractivity contribution in [2.24, 2.45) is 0 Å². The lowest BCUT2D eigenvalue weighted by molar-refractivity contribution is -0.140. The Balaban J connectivity index is 2.14. The predicted octanol–water partition coefficient (Wildman–Crippen LogP) is 2.69. The molecule has 0 saturated heterocycles. The molecule has 1 aromatic carbocycles. The maximum Gasteiger partial charge on any atom is 0.408 e. The van der Waals surface area contributed by atoms with Gasteiger partial charge in [0.15, 0.2) is 0 Å². The molecule has 0 heterocycles. The van der Waals surface area contributed by atoms with Crippen molar-refractivity contribution in [3.05, 3.63) is 35.4 Å². The molecule has 0 spiro atoms. The second kappa shape index (κ2) is 5.76. The number of benzene rings is 1. The summed E-state index contributed by atoms with van der Waals surface area (Å²) in [6, 6.07) is 6.80. The molecule has 0 saturated carbocycles. The van der Waals surface area contributed by atoms with Crippen LogP contribution in [0.4, 0.5) is 4.79 Å². The summed E-state index contributed by atoms with van der Waals surface area (Å²) in [6.45, 7) is 5.23. The molecule has 2 rings (SSSR count). The number of fused-ring (bicyclic) bond motifs is 1. The Bertz CT molecular complexity index is 547. The molecule has 5 nitrogen and oxygen atoms in total. The van der Waals surface area contributed by atoms with Crippen LogP contribution in [0.1, 0.15) is 44.2 Å². The molecule has 0 aliphatic heterocycles. The first-order valence-electron chi connectivity index (χ1n) is 7.08. The third kappa shape index (κ3) is 3.74. The van der Waals surface area contributed by atoms with Crippen molar-refractivity contribution in [2.75, 3.05) is 0 Å². The highest BCUT2D eigenvalue weighted by molar-refractivity contribution is 5.81. The van der Waals surface area contributed by atoms with Gasteiger partial charge in [-0.2, -0.15) is 0 Å². The van der Waals surface area contributed by atoms with Crippen LogP contribution in [-0.4, -0.2) is 28.8 Å². The normalized spacial score (nSPS) is 18.7. The number of alkyl carbamates (subject to hydrolysis) is 1. The average molecular weight is 291 g/mol. The quantitative estimate of drug-likeness (QED) is 0.897. The summed E-state index contributed by atoms with van der Waals surface area (Å²) < 4.78 is 5.15. The van der Waals surface area contributed by atoms with Crippen LogP contribution in [0, 0.1) is 0 Å². The predicted molar refractivity (Wildman–Crippen MR) is 78.3 cm³/mol. The van der Waals surface area contributed by atoms with E-state index in [4.69, 9.17) is 4.74 Å². The van der Waals surface area contributed by atoms with Crippen LogP contribution < -0.4 is 5.32 Å². The number of amides is 1. The second-order valence-corrected chi connectivity index (χ2v) is 6.31. The molecule has 5 heteroatoms. The van der Waals surface area contributed by atoms with Crippen molar-refractivity contribution < 1.29 is 19.4 Å². The van der Waals surface area contributed by atoms with Crippen LogP contribution in [0.2, 0.25) is 0 Å². The van der Waals surface area contributed by atoms with Crippen LogP contribution in [0.15, 0.2) is 24.3 Å². The number of carbonyl (C=O) groups is 2. The van der Waals surface area contributed by atoms with Crippen LogP contribution >= 0.6 is 0 Å². The fourth-order valence-corrected chi connectivity index (χ4v) is 2.71. The number of aryl methyl sites for hydroxylation is 1. The molecule has 1 aliphatic rings. The van der Waals surface area contributed by atoms with Crippen LogP contribution in [-0.2, 0) is 16.0 Å². The van der Waals surface area contributed by atoms with Gasteiger partial charge in [0.1, 0.15) is 11.6 Å². The van der Waals surface area contributed by atoms with Gasteiger partial charge in [-0.3, -0.25) is 0 Å². The fraction of sp³-hybridized carbons (Fsp3) is 0.500. The number of ether oxygens (including phenoxy) is 1. The second-order valence-electron chi connectivity index (χ2n) is 6.31. The fourth-order valence-electron chi connectivity index (χ4n) is 2.71. The first-order chi connectivity index (χ1) is 9.78. The molecule has 0 bridgehead atoms. The number of carbonyl (C=O) groups excluding carboxylic acids is 1. The van der Waals surface area contributed by atoms with E-state index in [9.17, 15) is 14.7 Å². The highest BCUT2D eigenvalue weighted by Gasteiger charge is 2.36. The topological polar surface area (TPSA) is 75.6 Å². The summed E-state index contributed by atoms with van der Waals surface area (Å²) in [5, 5.41) is 11.9. The zero-order valence-electron chi connectivity index (χ0n) is 12.6. The number of carboxylic acid groups (broad SMARTS) is 1. The molecule has 114 valence electrons. The van der Waals surface area contributed by atoms with Gasteiger partial charge in [0.25, 0.3) is 0 Å². The maximum atomic E-state index is 11.8. The minimum Gasteiger partial charge on any atom is -0.480 e. The summed E-state index contributed by atoms with van der Waals surface area (Å²) in [6.07, 6.45) is 0.853. The highest BCUT2D eigenvalue weighted by Crippen LogP contribution is 2.35. The molecule has 2 N–H and O–H groups in total. The lowest BCUT2D eigenvalue weighted by Gasteiger charge is -2.25. The van der Waals surface area contributed by atoms with E-state index in [1.165, 1.54) is 0 Å². The highest BCUT2D eigenvalue weighted by atomic mass is 16.6. The van der Waals surface area contributed by atoms with Crippen molar-refractivity contribution in [3.8, 4) is 0 Å².